The van der Waals surface area contributed by atoms with Gasteiger partial charge in [0.25, 0.3) is 0 Å². The Hall–Kier alpha value is -4.23. The van der Waals surface area contributed by atoms with Crippen molar-refractivity contribution in [2.24, 2.45) is 0 Å². The van der Waals surface area contributed by atoms with Gasteiger partial charge in [-0.2, -0.15) is 18.2 Å². The van der Waals surface area contributed by atoms with Gasteiger partial charge in [-0.3, -0.25) is 0 Å². The molecule has 1 aliphatic heterocycles. The number of para-hydroxylation sites is 3. The zero-order chi connectivity index (χ0) is 41.7. The van der Waals surface area contributed by atoms with Gasteiger partial charge in [-0.05, 0) is 54.2 Å². The molecule has 0 fully saturated rings. The quantitative estimate of drug-likeness (QED) is 0.118. The van der Waals surface area contributed by atoms with Crippen molar-refractivity contribution in [2.45, 2.75) is 89.6 Å². The number of aryl methyl sites for hydroxylation is 1. The van der Waals surface area contributed by atoms with Crippen LogP contribution in [0, 0.1) is 19.0 Å². The summed E-state index contributed by atoms with van der Waals surface area (Å²) in [5.41, 5.74) is 10.4. The average molecular weight is 969 g/mol. The van der Waals surface area contributed by atoms with E-state index in [0.717, 1.165) is 44.5 Å². The molecular weight excluding hydrogens is 913 g/mol. The first-order valence-electron chi connectivity index (χ1n) is 20.8. The fraction of sp³-hybridized carbons (Fsp3) is 0.292. The Labute approximate surface area is 349 Å². The van der Waals surface area contributed by atoms with Crippen LogP contribution in [-0.4, -0.2) is 23.2 Å². The fourth-order valence-corrected chi connectivity index (χ4v) is 10.6. The van der Waals surface area contributed by atoms with Gasteiger partial charge in [0.15, 0.2) is 0 Å². The van der Waals surface area contributed by atoms with Gasteiger partial charge in [-0.15, -0.1) is 11.3 Å². The minimum atomic E-state index is -2.31. The number of rotatable bonds is 7. The molecule has 4 aromatic carbocycles. The van der Waals surface area contributed by atoms with Crippen LogP contribution in [0.3, 0.4) is 0 Å². The summed E-state index contributed by atoms with van der Waals surface area (Å²) in [7, 11) is 0. The largest absolute Gasteiger partial charge is 3.00 e. The second-order valence-electron chi connectivity index (χ2n) is 15.9. The van der Waals surface area contributed by atoms with Crippen molar-refractivity contribution < 1.29 is 30.0 Å². The molecule has 0 spiro atoms. The normalized spacial score (nSPS) is 15.4. The molecule has 0 N–H and O–H groups in total. The van der Waals surface area contributed by atoms with Gasteiger partial charge in [0.05, 0.1) is 0 Å². The number of hydrogen-bond donors (Lipinski definition) is 0. The molecule has 5 nitrogen and oxygen atoms in total. The number of anilines is 2. The van der Waals surface area contributed by atoms with Crippen molar-refractivity contribution >= 4 is 56.8 Å². The van der Waals surface area contributed by atoms with Gasteiger partial charge in [0.2, 0.25) is 5.71 Å². The number of benzene rings is 4. The molecular formula is C48H51GeIrN4O. The molecule has 8 rings (SSSR count). The number of hydrogen-bond acceptors (Lipinski definition) is 4. The summed E-state index contributed by atoms with van der Waals surface area (Å²) in [5, 5.41) is 6.82. The molecule has 1 atom stereocenters. The van der Waals surface area contributed by atoms with E-state index in [0.29, 0.717) is 23.1 Å². The van der Waals surface area contributed by atoms with Crippen LogP contribution < -0.4 is 9.30 Å². The third-order valence-corrected chi connectivity index (χ3v) is 14.3. The van der Waals surface area contributed by atoms with Gasteiger partial charge < -0.3 is 14.6 Å². The molecule has 0 saturated heterocycles. The van der Waals surface area contributed by atoms with Gasteiger partial charge in [0.1, 0.15) is 0 Å². The number of fused-ring (bicyclic) bond motifs is 4. The summed E-state index contributed by atoms with van der Waals surface area (Å²) in [6.45, 7) is 10.5. The van der Waals surface area contributed by atoms with E-state index < -0.39 is 32.2 Å². The SMILES string of the molecule is [2H]C(C)(C)c1cc(-c2[c-]cccc2)nc[c]1[Ge]([CH3])([CH3])[CH3].[2H]C([2H])([2H])c1ccc2c(n1)oc1c(C3[N-]c4ccccc4N3c3c(C(C)C)cccc3C(C)C)[c-]ccc12.[Ir+3]. The van der Waals surface area contributed by atoms with Crippen LogP contribution in [0.2, 0.25) is 17.3 Å². The molecule has 282 valence electrons. The third kappa shape index (κ3) is 8.05. The van der Waals surface area contributed by atoms with Crippen molar-refractivity contribution in [1.82, 2.24) is 9.97 Å². The molecule has 4 heterocycles. The molecule has 0 radical (unpaired) electrons. The zero-order valence-electron chi connectivity index (χ0n) is 37.1. The maximum absolute atomic E-state index is 8.44. The summed E-state index contributed by atoms with van der Waals surface area (Å²) >= 11 is -2.03. The average Bonchev–Trinajstić information content (AvgIpc) is 3.75. The first kappa shape index (κ1) is 35.2. The van der Waals surface area contributed by atoms with Crippen molar-refractivity contribution in [1.29, 1.82) is 0 Å². The van der Waals surface area contributed by atoms with Gasteiger partial charge >= 0.3 is 141 Å². The Balaban J connectivity index is 0.000000236. The van der Waals surface area contributed by atoms with E-state index in [1.807, 2.05) is 74.6 Å². The third-order valence-electron chi connectivity index (χ3n) is 10.1. The molecule has 1 aliphatic rings. The number of furan rings is 1. The summed E-state index contributed by atoms with van der Waals surface area (Å²) in [6.07, 6.45) is 1.60. The monoisotopic (exact) mass is 970 g/mol. The van der Waals surface area contributed by atoms with E-state index in [4.69, 9.17) is 15.2 Å². The van der Waals surface area contributed by atoms with Crippen LogP contribution in [0.15, 0.2) is 108 Å². The second kappa shape index (κ2) is 16.5. The Morgan fingerprint density at radius 1 is 0.818 bits per heavy atom. The maximum Gasteiger partial charge on any atom is 3.00 e. The minimum Gasteiger partial charge on any atom is -0.661 e. The molecule has 7 heteroatoms. The van der Waals surface area contributed by atoms with Gasteiger partial charge in [-0.1, -0.05) is 69.5 Å². The van der Waals surface area contributed by atoms with Crippen LogP contribution in [-0.2, 0) is 20.1 Å². The number of aromatic nitrogens is 2. The van der Waals surface area contributed by atoms with Crippen LogP contribution in [0.4, 0.5) is 17.1 Å². The van der Waals surface area contributed by atoms with E-state index >= 15 is 0 Å². The topological polar surface area (TPSA) is 56.3 Å². The zero-order valence-corrected chi connectivity index (χ0v) is 37.6. The van der Waals surface area contributed by atoms with E-state index in [1.165, 1.54) is 21.2 Å². The first-order valence-corrected chi connectivity index (χ1v) is 26.1. The number of pyridine rings is 2. The van der Waals surface area contributed by atoms with Gasteiger partial charge in [-0.25, -0.2) is 4.98 Å². The standard InChI is InChI=1S/C31H29N3O.C17H22GeN.Ir/c1-18(2)21-10-8-11-22(19(3)4)28(21)34-27-15-7-6-14-26(27)33-30(34)25-13-9-12-23-24-17-16-20(5)32-31(24)35-29(23)25;1-13(2)15-11-17(14-9-7-6-8-10-14)19-12-16(15)18(3,4)5;/h6-12,14-19,30H,1-5H3;6-9,11-13H,1-5H3;/q-2;-1;+3/i5D3;13D;. The Morgan fingerprint density at radius 2 is 1.55 bits per heavy atom. The smallest absolute Gasteiger partial charge is 0.661 e. The fourth-order valence-electron chi connectivity index (χ4n) is 7.33. The van der Waals surface area contributed by atoms with Crippen molar-refractivity contribution in [2.75, 3.05) is 4.90 Å². The minimum absolute atomic E-state index is 0. The van der Waals surface area contributed by atoms with Gasteiger partial charge in [0, 0.05) is 32.2 Å². The van der Waals surface area contributed by atoms with E-state index in [-0.39, 0.29) is 25.8 Å². The van der Waals surface area contributed by atoms with Crippen LogP contribution in [0.25, 0.3) is 38.6 Å². The predicted molar refractivity (Wildman–Crippen MR) is 230 cm³/mol. The first-order chi connectivity index (χ1) is 27.3. The van der Waals surface area contributed by atoms with E-state index in [2.05, 4.69) is 102 Å². The summed E-state index contributed by atoms with van der Waals surface area (Å²) in [6, 6.07) is 38.5. The molecule has 1 unspecified atom stereocenters. The van der Waals surface area contributed by atoms with Crippen LogP contribution >= 0.6 is 0 Å². The predicted octanol–water partition coefficient (Wildman–Crippen LogP) is 13.4. The van der Waals surface area contributed by atoms with E-state index in [1.54, 1.807) is 12.1 Å². The van der Waals surface area contributed by atoms with Crippen LogP contribution in [0.5, 0.6) is 0 Å². The molecule has 0 bridgehead atoms. The van der Waals surface area contributed by atoms with Crippen molar-refractivity contribution in [3.05, 3.63) is 149 Å². The number of nitrogens with zero attached hydrogens (tertiary/aromatic N) is 4. The molecule has 3 aromatic heterocycles. The van der Waals surface area contributed by atoms with Crippen molar-refractivity contribution in [3.63, 3.8) is 0 Å². The van der Waals surface area contributed by atoms with Crippen LogP contribution in [0.1, 0.15) is 98.9 Å². The van der Waals surface area contributed by atoms with Crippen molar-refractivity contribution in [3.8, 4) is 11.3 Å². The van der Waals surface area contributed by atoms with E-state index in [9.17, 15) is 0 Å². The molecule has 0 aliphatic carbocycles. The maximum atomic E-state index is 8.44. The molecule has 0 saturated carbocycles. The Kier molecular flexibility index (Phi) is 10.5. The Bertz CT molecular complexity index is 2570. The molecule has 55 heavy (non-hydrogen) atoms. The molecule has 7 aromatic rings. The summed E-state index contributed by atoms with van der Waals surface area (Å²) in [5.74, 6) is 7.07. The second-order valence-corrected chi connectivity index (χ2v) is 26.5. The molecule has 0 amide bonds. The Morgan fingerprint density at radius 3 is 2.20 bits per heavy atom. The summed E-state index contributed by atoms with van der Waals surface area (Å²) in [4.78, 5) is 11.3. The summed E-state index contributed by atoms with van der Waals surface area (Å²) < 4.78 is 39.4.